The number of alkyl halides is 3. The SMILES string of the molecule is CO[Si](CCCC(C)(O)C(F)(F)F)(OC)c1ccccc1. The summed E-state index contributed by atoms with van der Waals surface area (Å²) in [6.45, 7) is 0.790. The number of rotatable bonds is 7. The molecule has 3 nitrogen and oxygen atoms in total. The molecule has 0 radical (unpaired) electrons. The lowest BCUT2D eigenvalue weighted by Crippen LogP contribution is -2.52. The molecule has 7 heteroatoms. The average molecular weight is 322 g/mol. The smallest absolute Gasteiger partial charge is 0.394 e. The minimum Gasteiger partial charge on any atom is -0.394 e. The van der Waals surface area contributed by atoms with Crippen molar-refractivity contribution in [3.8, 4) is 0 Å². The maximum absolute atomic E-state index is 12.6. The zero-order valence-corrected chi connectivity index (χ0v) is 13.4. The summed E-state index contributed by atoms with van der Waals surface area (Å²) in [5.74, 6) is 0. The van der Waals surface area contributed by atoms with Gasteiger partial charge in [0.1, 0.15) is 0 Å². The Bertz CT molecular complexity index is 431. The zero-order chi connectivity index (χ0) is 16.1. The van der Waals surface area contributed by atoms with Crippen LogP contribution in [-0.2, 0) is 8.85 Å². The second-order valence-electron chi connectivity index (χ2n) is 5.15. The lowest BCUT2D eigenvalue weighted by atomic mass is 10.0. The monoisotopic (exact) mass is 322 g/mol. The molecular weight excluding hydrogens is 301 g/mol. The third-order valence-electron chi connectivity index (χ3n) is 3.65. The van der Waals surface area contributed by atoms with Crippen LogP contribution < -0.4 is 5.19 Å². The quantitative estimate of drug-likeness (QED) is 0.785. The molecule has 21 heavy (non-hydrogen) atoms. The van der Waals surface area contributed by atoms with Crippen LogP contribution in [0.1, 0.15) is 19.8 Å². The van der Waals surface area contributed by atoms with Crippen molar-refractivity contribution >= 4 is 13.7 Å². The van der Waals surface area contributed by atoms with Gasteiger partial charge in [0, 0.05) is 14.2 Å². The number of halogens is 3. The highest BCUT2D eigenvalue weighted by Gasteiger charge is 2.50. The molecule has 0 heterocycles. The Morgan fingerprint density at radius 1 is 1.10 bits per heavy atom. The molecular formula is C14H21F3O3Si. The van der Waals surface area contributed by atoms with Gasteiger partial charge < -0.3 is 14.0 Å². The van der Waals surface area contributed by atoms with Crippen LogP contribution in [0.4, 0.5) is 13.2 Å². The molecule has 1 atom stereocenters. The lowest BCUT2D eigenvalue weighted by Gasteiger charge is -2.30. The number of aliphatic hydroxyl groups is 1. The van der Waals surface area contributed by atoms with E-state index in [1.807, 2.05) is 30.3 Å². The van der Waals surface area contributed by atoms with Crippen LogP contribution in [0.3, 0.4) is 0 Å². The molecule has 0 saturated heterocycles. The Balaban J connectivity index is 2.78. The molecule has 1 N–H and O–H groups in total. The van der Waals surface area contributed by atoms with Crippen LogP contribution in [0.5, 0.6) is 0 Å². The minimum absolute atomic E-state index is 0.162. The highest BCUT2D eigenvalue weighted by atomic mass is 28.4. The first-order valence-corrected chi connectivity index (χ1v) is 8.66. The Labute approximate surface area is 123 Å². The average Bonchev–Trinajstić information content (AvgIpc) is 2.44. The molecule has 0 bridgehead atoms. The first-order chi connectivity index (χ1) is 9.68. The van der Waals surface area contributed by atoms with E-state index in [2.05, 4.69) is 0 Å². The van der Waals surface area contributed by atoms with Crippen molar-refractivity contribution < 1.29 is 27.1 Å². The van der Waals surface area contributed by atoms with E-state index in [0.717, 1.165) is 12.1 Å². The molecule has 1 unspecified atom stereocenters. The summed E-state index contributed by atoms with van der Waals surface area (Å²) < 4.78 is 49.0. The molecule has 0 aliphatic carbocycles. The van der Waals surface area contributed by atoms with Gasteiger partial charge in [0.15, 0.2) is 5.60 Å². The fourth-order valence-electron chi connectivity index (χ4n) is 2.17. The molecule has 1 aromatic rings. The third-order valence-corrected chi connectivity index (χ3v) is 7.20. The first-order valence-electron chi connectivity index (χ1n) is 6.63. The Morgan fingerprint density at radius 3 is 2.05 bits per heavy atom. The molecule has 120 valence electrons. The summed E-state index contributed by atoms with van der Waals surface area (Å²) in [4.78, 5) is 0. The molecule has 1 aromatic carbocycles. The molecule has 1 rings (SSSR count). The fourth-order valence-corrected chi connectivity index (χ4v) is 4.84. The topological polar surface area (TPSA) is 38.7 Å². The fraction of sp³-hybridized carbons (Fsp3) is 0.571. The third kappa shape index (κ3) is 4.29. The molecule has 0 aliphatic heterocycles. The molecule has 0 aliphatic rings. The second kappa shape index (κ2) is 6.91. The maximum atomic E-state index is 12.6. The van der Waals surface area contributed by atoms with Gasteiger partial charge in [-0.15, -0.1) is 0 Å². The summed E-state index contributed by atoms with van der Waals surface area (Å²) in [6, 6.07) is 9.56. The van der Waals surface area contributed by atoms with Crippen LogP contribution in [0.2, 0.25) is 6.04 Å². The minimum atomic E-state index is -4.63. The highest BCUT2D eigenvalue weighted by molar-refractivity contribution is 6.81. The number of hydrogen-bond acceptors (Lipinski definition) is 3. The van der Waals surface area contributed by atoms with E-state index < -0.39 is 20.3 Å². The maximum Gasteiger partial charge on any atom is 0.416 e. The van der Waals surface area contributed by atoms with Gasteiger partial charge in [0.2, 0.25) is 0 Å². The standard InChI is InChI=1S/C14H21F3O3Si/c1-13(18,14(15,16)17)10-7-11-21(19-2,20-3)12-8-5-4-6-9-12/h4-6,8-9,18H,7,10-11H2,1-3H3. The molecule has 0 amide bonds. The molecule has 0 spiro atoms. The summed E-state index contributed by atoms with van der Waals surface area (Å²) in [5, 5.41) is 10.3. The molecule has 0 aromatic heterocycles. The summed E-state index contributed by atoms with van der Waals surface area (Å²) in [6.07, 6.45) is -4.86. The van der Waals surface area contributed by atoms with Gasteiger partial charge in [0.25, 0.3) is 0 Å². The van der Waals surface area contributed by atoms with Crippen LogP contribution >= 0.6 is 0 Å². The van der Waals surface area contributed by atoms with E-state index >= 15 is 0 Å². The van der Waals surface area contributed by atoms with Crippen molar-refractivity contribution in [2.24, 2.45) is 0 Å². The lowest BCUT2D eigenvalue weighted by molar-refractivity contribution is -0.255. The largest absolute Gasteiger partial charge is 0.416 e. The van der Waals surface area contributed by atoms with Crippen LogP contribution in [0.25, 0.3) is 0 Å². The van der Waals surface area contributed by atoms with E-state index in [9.17, 15) is 18.3 Å². The van der Waals surface area contributed by atoms with Gasteiger partial charge in [-0.05, 0) is 31.0 Å². The van der Waals surface area contributed by atoms with Crippen molar-refractivity contribution in [3.63, 3.8) is 0 Å². The van der Waals surface area contributed by atoms with Gasteiger partial charge in [-0.3, -0.25) is 0 Å². The van der Waals surface area contributed by atoms with E-state index in [4.69, 9.17) is 8.85 Å². The van der Waals surface area contributed by atoms with Crippen molar-refractivity contribution in [1.29, 1.82) is 0 Å². The van der Waals surface area contributed by atoms with Gasteiger partial charge in [-0.2, -0.15) is 13.2 Å². The van der Waals surface area contributed by atoms with Crippen molar-refractivity contribution in [1.82, 2.24) is 0 Å². The van der Waals surface area contributed by atoms with Crippen LogP contribution in [0.15, 0.2) is 30.3 Å². The number of hydrogen-bond donors (Lipinski definition) is 1. The van der Waals surface area contributed by atoms with Crippen molar-refractivity contribution in [3.05, 3.63) is 30.3 Å². The van der Waals surface area contributed by atoms with E-state index in [1.54, 1.807) is 0 Å². The van der Waals surface area contributed by atoms with Crippen LogP contribution in [0, 0.1) is 0 Å². The van der Waals surface area contributed by atoms with E-state index in [0.29, 0.717) is 6.04 Å². The van der Waals surface area contributed by atoms with Gasteiger partial charge in [-0.25, -0.2) is 0 Å². The van der Waals surface area contributed by atoms with Crippen LogP contribution in [-0.4, -0.2) is 39.7 Å². The predicted octanol–water partition coefficient (Wildman–Crippen LogP) is 2.72. The highest BCUT2D eigenvalue weighted by Crippen LogP contribution is 2.34. The Morgan fingerprint density at radius 2 is 1.62 bits per heavy atom. The predicted molar refractivity (Wildman–Crippen MR) is 76.6 cm³/mol. The normalized spacial score (nSPS) is 15.8. The first kappa shape index (κ1) is 18.2. The number of benzene rings is 1. The Hall–Kier alpha value is -0.893. The second-order valence-corrected chi connectivity index (χ2v) is 8.55. The van der Waals surface area contributed by atoms with Crippen molar-refractivity contribution in [2.75, 3.05) is 14.2 Å². The summed E-state index contributed by atoms with van der Waals surface area (Å²) in [5.41, 5.74) is -2.69. The molecule has 0 fully saturated rings. The van der Waals surface area contributed by atoms with Gasteiger partial charge in [0.05, 0.1) is 0 Å². The molecule has 0 saturated carbocycles. The van der Waals surface area contributed by atoms with Gasteiger partial charge >= 0.3 is 14.7 Å². The van der Waals surface area contributed by atoms with Crippen molar-refractivity contribution in [2.45, 2.75) is 37.6 Å². The van der Waals surface area contributed by atoms with E-state index in [1.165, 1.54) is 14.2 Å². The zero-order valence-electron chi connectivity index (χ0n) is 12.4. The summed E-state index contributed by atoms with van der Waals surface area (Å²) in [7, 11) is 0.252. The summed E-state index contributed by atoms with van der Waals surface area (Å²) >= 11 is 0. The van der Waals surface area contributed by atoms with E-state index in [-0.39, 0.29) is 12.8 Å². The Kier molecular flexibility index (Phi) is 5.98. The van der Waals surface area contributed by atoms with Gasteiger partial charge in [-0.1, -0.05) is 30.3 Å².